The topological polar surface area (TPSA) is 59.0 Å². The first kappa shape index (κ1) is 22.8. The third-order valence-electron chi connectivity index (χ3n) is 5.96. The number of carbonyl (C=O) groups is 1. The minimum atomic E-state index is -4.53. The third-order valence-corrected chi connectivity index (χ3v) is 5.96. The van der Waals surface area contributed by atoms with E-state index in [0.717, 1.165) is 22.9 Å². The fourth-order valence-electron chi connectivity index (χ4n) is 3.96. The highest BCUT2D eigenvalue weighted by Crippen LogP contribution is 2.44. The quantitative estimate of drug-likeness (QED) is 0.496. The van der Waals surface area contributed by atoms with Crippen molar-refractivity contribution < 1.29 is 22.4 Å². The number of nitrogens with zero attached hydrogens (tertiary/aromatic N) is 2. The lowest BCUT2D eigenvalue weighted by Gasteiger charge is -2.34. The van der Waals surface area contributed by atoms with Crippen LogP contribution in [0.2, 0.25) is 0 Å². The van der Waals surface area contributed by atoms with Gasteiger partial charge in [0.05, 0.1) is 12.2 Å². The largest absolute Gasteiger partial charge is 0.410 e. The highest BCUT2D eigenvalue weighted by Gasteiger charge is 2.47. The van der Waals surface area contributed by atoms with Crippen LogP contribution in [0.25, 0.3) is 0 Å². The highest BCUT2D eigenvalue weighted by molar-refractivity contribution is 5.98. The van der Waals surface area contributed by atoms with E-state index in [2.05, 4.69) is 15.7 Å². The van der Waals surface area contributed by atoms with Crippen molar-refractivity contribution in [1.29, 1.82) is 0 Å². The average Bonchev–Trinajstić information content (AvgIpc) is 3.22. The highest BCUT2D eigenvalue weighted by atomic mass is 19.4. The van der Waals surface area contributed by atoms with Crippen LogP contribution < -0.4 is 10.6 Å². The number of nitrogens with one attached hydrogen (secondary N) is 2. The maximum absolute atomic E-state index is 13.9. The van der Waals surface area contributed by atoms with E-state index < -0.39 is 30.0 Å². The van der Waals surface area contributed by atoms with E-state index >= 15 is 0 Å². The number of anilines is 1. The SMILES string of the molecule is CCc1ccc([C@@H]2C[C@H](C(F)(F)F)n3ncc(C(=O)NCc4ccc(C)c(F)c4)c3N2)cc1. The Labute approximate surface area is 188 Å². The molecule has 5 nitrogen and oxygen atoms in total. The molecule has 0 saturated heterocycles. The van der Waals surface area contributed by atoms with Crippen molar-refractivity contribution in [1.82, 2.24) is 15.1 Å². The van der Waals surface area contributed by atoms with Crippen LogP contribution in [0.15, 0.2) is 48.7 Å². The number of benzene rings is 2. The predicted molar refractivity (Wildman–Crippen MR) is 116 cm³/mol. The summed E-state index contributed by atoms with van der Waals surface area (Å²) in [5.41, 5.74) is 2.82. The Hall–Kier alpha value is -3.36. The standard InChI is InChI=1S/C24H24F4N4O/c1-3-15-6-8-17(9-7-15)20-11-21(24(26,27)28)32-22(31-20)18(13-30-32)23(33)29-12-16-5-4-14(2)19(25)10-16/h4-10,13,20-21,31H,3,11-12H2,1-2H3,(H,29,33)/t20-,21+/m0/s1. The molecule has 4 rings (SSSR count). The molecular weight excluding hydrogens is 436 g/mol. The fourth-order valence-corrected chi connectivity index (χ4v) is 3.96. The van der Waals surface area contributed by atoms with Gasteiger partial charge in [-0.05, 0) is 41.7 Å². The smallest absolute Gasteiger partial charge is 0.363 e. The second-order valence-electron chi connectivity index (χ2n) is 8.20. The van der Waals surface area contributed by atoms with E-state index in [4.69, 9.17) is 0 Å². The summed E-state index contributed by atoms with van der Waals surface area (Å²) in [5.74, 6) is -0.968. The van der Waals surface area contributed by atoms with Crippen molar-refractivity contribution in [2.45, 2.75) is 51.5 Å². The molecule has 2 N–H and O–H groups in total. The van der Waals surface area contributed by atoms with Crippen molar-refractivity contribution in [3.8, 4) is 0 Å². The van der Waals surface area contributed by atoms with Gasteiger partial charge in [-0.3, -0.25) is 4.79 Å². The van der Waals surface area contributed by atoms with Crippen molar-refractivity contribution in [3.63, 3.8) is 0 Å². The first-order valence-electron chi connectivity index (χ1n) is 10.7. The van der Waals surface area contributed by atoms with Crippen LogP contribution in [0.4, 0.5) is 23.4 Å². The molecule has 0 saturated carbocycles. The Bertz CT molecular complexity index is 1150. The summed E-state index contributed by atoms with van der Waals surface area (Å²) < 4.78 is 56.2. The van der Waals surface area contributed by atoms with Crippen molar-refractivity contribution in [3.05, 3.63) is 82.3 Å². The van der Waals surface area contributed by atoms with Crippen LogP contribution in [0.5, 0.6) is 0 Å². The van der Waals surface area contributed by atoms with Gasteiger partial charge in [-0.15, -0.1) is 0 Å². The molecule has 1 aromatic heterocycles. The molecule has 2 heterocycles. The molecule has 9 heteroatoms. The normalized spacial score (nSPS) is 17.9. The number of aryl methyl sites for hydroxylation is 2. The summed E-state index contributed by atoms with van der Waals surface area (Å²) in [6.07, 6.45) is -2.81. The maximum atomic E-state index is 13.9. The molecule has 0 bridgehead atoms. The molecule has 1 aliphatic rings. The fraction of sp³-hybridized carbons (Fsp3) is 0.333. The number of amides is 1. The Balaban J connectivity index is 1.60. The molecular formula is C24H24F4N4O. The van der Waals surface area contributed by atoms with Gasteiger partial charge >= 0.3 is 6.18 Å². The minimum Gasteiger partial charge on any atom is -0.363 e. The monoisotopic (exact) mass is 460 g/mol. The number of alkyl halides is 3. The van der Waals surface area contributed by atoms with Crippen LogP contribution in [-0.2, 0) is 13.0 Å². The van der Waals surface area contributed by atoms with Gasteiger partial charge in [0.1, 0.15) is 17.2 Å². The summed E-state index contributed by atoms with van der Waals surface area (Å²) in [6, 6.07) is 9.49. The van der Waals surface area contributed by atoms with Gasteiger partial charge in [0.15, 0.2) is 6.04 Å². The molecule has 2 aromatic carbocycles. The molecule has 33 heavy (non-hydrogen) atoms. The lowest BCUT2D eigenvalue weighted by molar-refractivity contribution is -0.173. The summed E-state index contributed by atoms with van der Waals surface area (Å²) in [6.45, 7) is 3.67. The molecule has 174 valence electrons. The Kier molecular flexibility index (Phi) is 6.14. The van der Waals surface area contributed by atoms with Gasteiger partial charge in [0.25, 0.3) is 5.91 Å². The maximum Gasteiger partial charge on any atom is 0.410 e. The van der Waals surface area contributed by atoms with Crippen LogP contribution in [0, 0.1) is 12.7 Å². The van der Waals surface area contributed by atoms with E-state index in [1.165, 1.54) is 6.07 Å². The summed E-state index contributed by atoms with van der Waals surface area (Å²) in [4.78, 5) is 12.8. The van der Waals surface area contributed by atoms with E-state index in [1.54, 1.807) is 19.1 Å². The number of fused-ring (bicyclic) bond motifs is 1. The van der Waals surface area contributed by atoms with E-state index in [9.17, 15) is 22.4 Å². The first-order chi connectivity index (χ1) is 15.7. The second-order valence-corrected chi connectivity index (χ2v) is 8.20. The third kappa shape index (κ3) is 4.72. The summed E-state index contributed by atoms with van der Waals surface area (Å²) in [7, 11) is 0. The van der Waals surface area contributed by atoms with Gasteiger partial charge in [0.2, 0.25) is 0 Å². The van der Waals surface area contributed by atoms with Crippen LogP contribution in [-0.4, -0.2) is 21.9 Å². The zero-order valence-electron chi connectivity index (χ0n) is 18.2. The Morgan fingerprint density at radius 2 is 1.88 bits per heavy atom. The number of halogens is 4. The molecule has 1 aliphatic heterocycles. The lowest BCUT2D eigenvalue weighted by Crippen LogP contribution is -2.36. The molecule has 2 atom stereocenters. The van der Waals surface area contributed by atoms with Crippen LogP contribution >= 0.6 is 0 Å². The number of hydrogen-bond donors (Lipinski definition) is 2. The molecule has 3 aromatic rings. The zero-order valence-corrected chi connectivity index (χ0v) is 18.2. The van der Waals surface area contributed by atoms with Gasteiger partial charge in [-0.2, -0.15) is 18.3 Å². The minimum absolute atomic E-state index is 0.00621. The summed E-state index contributed by atoms with van der Waals surface area (Å²) in [5, 5.41) is 9.59. The molecule has 0 fully saturated rings. The van der Waals surface area contributed by atoms with E-state index in [-0.39, 0.29) is 24.3 Å². The van der Waals surface area contributed by atoms with Gasteiger partial charge in [0, 0.05) is 13.0 Å². The van der Waals surface area contributed by atoms with Gasteiger partial charge in [-0.1, -0.05) is 43.3 Å². The number of carbonyl (C=O) groups excluding carboxylic acids is 1. The van der Waals surface area contributed by atoms with Crippen molar-refractivity contribution in [2.75, 3.05) is 5.32 Å². The number of rotatable bonds is 5. The number of hydrogen-bond acceptors (Lipinski definition) is 3. The molecule has 0 spiro atoms. The first-order valence-corrected chi connectivity index (χ1v) is 10.7. The molecule has 0 unspecified atom stereocenters. The molecule has 0 aliphatic carbocycles. The van der Waals surface area contributed by atoms with E-state index in [0.29, 0.717) is 16.7 Å². The number of aromatic nitrogens is 2. The second kappa shape index (κ2) is 8.88. The Morgan fingerprint density at radius 3 is 2.52 bits per heavy atom. The molecule has 1 amide bonds. The van der Waals surface area contributed by atoms with Gasteiger partial charge < -0.3 is 10.6 Å². The van der Waals surface area contributed by atoms with Crippen molar-refractivity contribution in [2.24, 2.45) is 0 Å². The van der Waals surface area contributed by atoms with Crippen LogP contribution in [0.3, 0.4) is 0 Å². The van der Waals surface area contributed by atoms with Gasteiger partial charge in [-0.25, -0.2) is 9.07 Å². The average molecular weight is 460 g/mol. The zero-order chi connectivity index (χ0) is 23.8. The predicted octanol–water partition coefficient (Wildman–Crippen LogP) is 5.48. The van der Waals surface area contributed by atoms with E-state index in [1.807, 2.05) is 31.2 Å². The summed E-state index contributed by atoms with van der Waals surface area (Å²) >= 11 is 0. The van der Waals surface area contributed by atoms with Crippen LogP contribution in [0.1, 0.15) is 58.0 Å². The molecule has 0 radical (unpaired) electrons. The lowest BCUT2D eigenvalue weighted by atomic mass is 9.95. The Morgan fingerprint density at radius 1 is 1.18 bits per heavy atom. The van der Waals surface area contributed by atoms with Crippen molar-refractivity contribution >= 4 is 11.7 Å².